The van der Waals surface area contributed by atoms with Crippen molar-refractivity contribution in [2.24, 2.45) is 0 Å². The fourth-order valence-electron chi connectivity index (χ4n) is 0.752. The molecule has 0 fully saturated rings. The van der Waals surface area contributed by atoms with Gasteiger partial charge in [-0.1, -0.05) is 29.1 Å². The zero-order valence-electron chi connectivity index (χ0n) is 6.34. The van der Waals surface area contributed by atoms with Crippen molar-refractivity contribution in [1.29, 1.82) is 0 Å². The molecule has 0 aliphatic carbocycles. The van der Waals surface area contributed by atoms with E-state index in [1.807, 2.05) is 5.92 Å². The molecule has 0 heterocycles. The molecule has 4 heteroatoms. The van der Waals surface area contributed by atoms with Gasteiger partial charge in [-0.05, 0) is 18.2 Å². The Morgan fingerprint density at radius 3 is 2.23 bits per heavy atom. The molecule has 1 N–H and O–H groups in total. The van der Waals surface area contributed by atoms with Crippen LogP contribution in [0.2, 0.25) is 10.0 Å². The summed E-state index contributed by atoms with van der Waals surface area (Å²) >= 11 is 11.3. The number of aliphatic carboxylic acids is 1. The van der Waals surface area contributed by atoms with E-state index in [9.17, 15) is 4.79 Å². The third kappa shape index (κ3) is 3.37. The number of hydrogen-bond donors (Lipinski definition) is 1. The highest BCUT2D eigenvalue weighted by Crippen LogP contribution is 2.18. The Morgan fingerprint density at radius 2 is 1.77 bits per heavy atom. The van der Waals surface area contributed by atoms with Crippen LogP contribution in [0.5, 0.6) is 0 Å². The van der Waals surface area contributed by atoms with Crippen LogP contribution in [-0.2, 0) is 4.79 Å². The number of hydrogen-bond acceptors (Lipinski definition) is 1. The minimum absolute atomic E-state index is 0.433. The predicted octanol–water partition coefficient (Wildman–Crippen LogP) is 2.43. The lowest BCUT2D eigenvalue weighted by Crippen LogP contribution is -1.87. The molecule has 0 saturated heterocycles. The molecule has 1 aromatic carbocycles. The smallest absolute Gasteiger partial charge is 0.382 e. The molecule has 0 aliphatic heterocycles. The van der Waals surface area contributed by atoms with Crippen LogP contribution in [0.4, 0.5) is 0 Å². The minimum atomic E-state index is -1.18. The number of benzene rings is 1. The topological polar surface area (TPSA) is 37.3 Å². The van der Waals surface area contributed by atoms with E-state index in [1.54, 1.807) is 18.2 Å². The molecular formula is C9H4Cl2O2. The molecular weight excluding hydrogens is 211 g/mol. The monoisotopic (exact) mass is 214 g/mol. The number of rotatable bonds is 0. The molecule has 66 valence electrons. The van der Waals surface area contributed by atoms with Crippen LogP contribution in [0.3, 0.4) is 0 Å². The maximum atomic E-state index is 10.1. The molecule has 0 unspecified atom stereocenters. The van der Waals surface area contributed by atoms with Crippen LogP contribution < -0.4 is 0 Å². The van der Waals surface area contributed by atoms with Gasteiger partial charge in [-0.15, -0.1) is 0 Å². The molecule has 0 bridgehead atoms. The van der Waals surface area contributed by atoms with Crippen molar-refractivity contribution >= 4 is 29.2 Å². The summed E-state index contributed by atoms with van der Waals surface area (Å²) in [5.74, 6) is 3.19. The van der Waals surface area contributed by atoms with E-state index in [4.69, 9.17) is 28.3 Å². The first-order valence-corrected chi connectivity index (χ1v) is 4.04. The summed E-state index contributed by atoms with van der Waals surface area (Å²) in [6, 6.07) is 4.64. The fourth-order valence-corrected chi connectivity index (χ4v) is 1.28. The number of halogens is 2. The summed E-state index contributed by atoms with van der Waals surface area (Å²) in [7, 11) is 0. The molecule has 0 aromatic heterocycles. The first kappa shape index (κ1) is 9.91. The van der Waals surface area contributed by atoms with E-state index in [1.165, 1.54) is 0 Å². The van der Waals surface area contributed by atoms with Gasteiger partial charge in [0.1, 0.15) is 0 Å². The average molecular weight is 215 g/mol. The summed E-state index contributed by atoms with van der Waals surface area (Å²) in [5, 5.41) is 9.14. The first-order chi connectivity index (χ1) is 6.08. The molecule has 0 radical (unpaired) electrons. The highest BCUT2D eigenvalue weighted by molar-refractivity contribution is 6.34. The van der Waals surface area contributed by atoms with Crippen LogP contribution in [-0.4, -0.2) is 11.1 Å². The highest BCUT2D eigenvalue weighted by Gasteiger charge is 1.95. The molecule has 0 amide bonds. The van der Waals surface area contributed by atoms with E-state index in [-0.39, 0.29) is 0 Å². The lowest BCUT2D eigenvalue weighted by molar-refractivity contribution is -0.130. The predicted molar refractivity (Wildman–Crippen MR) is 51.0 cm³/mol. The molecule has 1 rings (SSSR count). The van der Waals surface area contributed by atoms with E-state index in [2.05, 4.69) is 5.92 Å². The summed E-state index contributed by atoms with van der Waals surface area (Å²) in [5.41, 5.74) is 0.486. The number of carboxylic acid groups (broad SMARTS) is 1. The number of carboxylic acids is 1. The largest absolute Gasteiger partial charge is 0.472 e. The second kappa shape index (κ2) is 4.18. The highest BCUT2D eigenvalue weighted by atomic mass is 35.5. The normalized spacial score (nSPS) is 8.77. The molecule has 1 aromatic rings. The first-order valence-electron chi connectivity index (χ1n) is 3.29. The standard InChI is InChI=1S/C9H4Cl2O2/c10-7-3-6(1-2-9(12)13)4-8(11)5-7/h3-5H,(H,12,13). The van der Waals surface area contributed by atoms with Crippen LogP contribution >= 0.6 is 23.2 Å². The zero-order chi connectivity index (χ0) is 9.84. The average Bonchev–Trinajstić information content (AvgIpc) is 1.99. The fraction of sp³-hybridized carbons (Fsp3) is 0. The Kier molecular flexibility index (Phi) is 3.18. The van der Waals surface area contributed by atoms with Gasteiger partial charge in [0.2, 0.25) is 0 Å². The van der Waals surface area contributed by atoms with E-state index < -0.39 is 5.97 Å². The van der Waals surface area contributed by atoms with Gasteiger partial charge in [0.25, 0.3) is 0 Å². The summed E-state index contributed by atoms with van der Waals surface area (Å²) in [4.78, 5) is 10.1. The lowest BCUT2D eigenvalue weighted by Gasteiger charge is -1.93. The van der Waals surface area contributed by atoms with Gasteiger partial charge in [-0.2, -0.15) is 0 Å². The van der Waals surface area contributed by atoms with Gasteiger partial charge < -0.3 is 5.11 Å². The minimum Gasteiger partial charge on any atom is -0.472 e. The maximum absolute atomic E-state index is 10.1. The Balaban J connectivity index is 3.04. The van der Waals surface area contributed by atoms with Crippen molar-refractivity contribution in [3.05, 3.63) is 33.8 Å². The molecule has 2 nitrogen and oxygen atoms in total. The van der Waals surface area contributed by atoms with Crippen molar-refractivity contribution in [3.63, 3.8) is 0 Å². The SMILES string of the molecule is O=C(O)C#Cc1cc(Cl)cc(Cl)c1. The maximum Gasteiger partial charge on any atom is 0.382 e. The van der Waals surface area contributed by atoms with E-state index in [0.717, 1.165) is 0 Å². The Morgan fingerprint density at radius 1 is 1.23 bits per heavy atom. The van der Waals surface area contributed by atoms with Gasteiger partial charge in [-0.25, -0.2) is 4.79 Å². The summed E-state index contributed by atoms with van der Waals surface area (Å²) in [6.07, 6.45) is 0. The number of carbonyl (C=O) groups is 1. The Hall–Kier alpha value is -1.17. The van der Waals surface area contributed by atoms with Crippen LogP contribution in [0, 0.1) is 11.8 Å². The summed E-state index contributed by atoms with van der Waals surface area (Å²) in [6.45, 7) is 0. The molecule has 0 aliphatic rings. The van der Waals surface area contributed by atoms with Crippen LogP contribution in [0.1, 0.15) is 5.56 Å². The van der Waals surface area contributed by atoms with Crippen molar-refractivity contribution in [2.45, 2.75) is 0 Å². The second-order valence-corrected chi connectivity index (χ2v) is 3.09. The van der Waals surface area contributed by atoms with Crippen molar-refractivity contribution in [2.75, 3.05) is 0 Å². The summed E-state index contributed by atoms with van der Waals surface area (Å²) < 4.78 is 0. The van der Waals surface area contributed by atoms with Crippen molar-refractivity contribution in [1.82, 2.24) is 0 Å². The molecule has 0 atom stereocenters. The van der Waals surface area contributed by atoms with E-state index in [0.29, 0.717) is 15.6 Å². The molecule has 13 heavy (non-hydrogen) atoms. The Bertz CT molecular complexity index is 382. The van der Waals surface area contributed by atoms with Gasteiger partial charge in [-0.3, -0.25) is 0 Å². The molecule has 0 saturated carbocycles. The van der Waals surface area contributed by atoms with E-state index >= 15 is 0 Å². The second-order valence-electron chi connectivity index (χ2n) is 2.21. The lowest BCUT2D eigenvalue weighted by atomic mass is 10.2. The van der Waals surface area contributed by atoms with Crippen LogP contribution in [0.15, 0.2) is 18.2 Å². The van der Waals surface area contributed by atoms with Gasteiger partial charge in [0, 0.05) is 21.5 Å². The third-order valence-electron chi connectivity index (χ3n) is 1.18. The Labute approximate surface area is 85.1 Å². The third-order valence-corrected chi connectivity index (χ3v) is 1.61. The van der Waals surface area contributed by atoms with Gasteiger partial charge in [0.05, 0.1) is 0 Å². The van der Waals surface area contributed by atoms with Gasteiger partial charge in [0.15, 0.2) is 0 Å². The van der Waals surface area contributed by atoms with Gasteiger partial charge >= 0.3 is 5.97 Å². The molecule has 0 spiro atoms. The quantitative estimate of drug-likeness (QED) is 0.674. The van der Waals surface area contributed by atoms with Crippen LogP contribution in [0.25, 0.3) is 0 Å². The van der Waals surface area contributed by atoms with Crippen molar-refractivity contribution in [3.8, 4) is 11.8 Å². The van der Waals surface area contributed by atoms with Crippen molar-refractivity contribution < 1.29 is 9.90 Å². The zero-order valence-corrected chi connectivity index (χ0v) is 7.86.